The maximum absolute atomic E-state index is 13.3. The van der Waals surface area contributed by atoms with Crippen molar-refractivity contribution in [3.63, 3.8) is 0 Å². The molecule has 2 heterocycles. The van der Waals surface area contributed by atoms with Gasteiger partial charge in [0.05, 0.1) is 11.2 Å². The van der Waals surface area contributed by atoms with Gasteiger partial charge in [0.1, 0.15) is 11.9 Å². The molecular formula is C20H22FN3O3. The number of ether oxygens (including phenoxy) is 1. The molecule has 2 fully saturated rings. The van der Waals surface area contributed by atoms with Gasteiger partial charge in [-0.15, -0.1) is 0 Å². The minimum atomic E-state index is -1.11. The summed E-state index contributed by atoms with van der Waals surface area (Å²) < 4.78 is 19.4. The molecule has 142 valence electrons. The molecule has 0 radical (unpaired) electrons. The first-order valence-electron chi connectivity index (χ1n) is 9.00. The number of nitrogens with one attached hydrogen (secondary N) is 2. The molecule has 4 rings (SSSR count). The zero-order valence-electron chi connectivity index (χ0n) is 15.2. The number of pyridine rings is 1. The summed E-state index contributed by atoms with van der Waals surface area (Å²) in [4.78, 5) is 15.8. The number of hydrogen-bond donors (Lipinski definition) is 3. The first-order valence-corrected chi connectivity index (χ1v) is 9.00. The van der Waals surface area contributed by atoms with E-state index in [9.17, 15) is 9.18 Å². The topological polar surface area (TPSA) is 83.5 Å². The van der Waals surface area contributed by atoms with Crippen LogP contribution in [0.4, 0.5) is 9.18 Å². The summed E-state index contributed by atoms with van der Waals surface area (Å²) in [6, 6.07) is 9.65. The third-order valence-electron chi connectivity index (χ3n) is 5.35. The van der Waals surface area contributed by atoms with Gasteiger partial charge in [-0.25, -0.2) is 14.2 Å². The molecule has 1 aromatic carbocycles. The molecule has 0 spiro atoms. The first-order chi connectivity index (χ1) is 12.8. The highest BCUT2D eigenvalue weighted by Crippen LogP contribution is 2.44. The lowest BCUT2D eigenvalue weighted by molar-refractivity contribution is 0.182. The van der Waals surface area contributed by atoms with E-state index in [1.807, 2.05) is 6.07 Å². The van der Waals surface area contributed by atoms with Gasteiger partial charge in [0.2, 0.25) is 5.88 Å². The van der Waals surface area contributed by atoms with E-state index < -0.39 is 11.6 Å². The number of amides is 1. The molecule has 1 aromatic heterocycles. The fourth-order valence-corrected chi connectivity index (χ4v) is 3.71. The third kappa shape index (κ3) is 3.60. The number of aromatic nitrogens is 1. The van der Waals surface area contributed by atoms with E-state index in [1.165, 1.54) is 12.1 Å². The molecule has 1 amide bonds. The summed E-state index contributed by atoms with van der Waals surface area (Å²) in [7, 11) is 0. The molecule has 1 saturated carbocycles. The molecule has 1 aliphatic heterocycles. The number of benzene rings is 1. The normalized spacial score (nSPS) is 23.6. The Morgan fingerprint density at radius 2 is 1.93 bits per heavy atom. The lowest BCUT2D eigenvalue weighted by Gasteiger charge is -2.26. The van der Waals surface area contributed by atoms with E-state index in [0.29, 0.717) is 23.4 Å². The average molecular weight is 371 g/mol. The van der Waals surface area contributed by atoms with Crippen LogP contribution in [0.3, 0.4) is 0 Å². The Hall–Kier alpha value is -2.67. The minimum Gasteiger partial charge on any atom is -0.474 e. The molecule has 7 heteroatoms. The first kappa shape index (κ1) is 17.7. The zero-order valence-corrected chi connectivity index (χ0v) is 15.2. The highest BCUT2D eigenvalue weighted by molar-refractivity contribution is 5.67. The summed E-state index contributed by atoms with van der Waals surface area (Å²) in [5.74, 6) is 1.16. The van der Waals surface area contributed by atoms with Crippen LogP contribution in [0, 0.1) is 17.7 Å². The Kier molecular flexibility index (Phi) is 4.26. The Bertz CT molecular complexity index is 859. The maximum Gasteiger partial charge on any atom is 0.405 e. The Morgan fingerprint density at radius 1 is 1.26 bits per heavy atom. The van der Waals surface area contributed by atoms with Crippen LogP contribution in [0.5, 0.6) is 5.88 Å². The second-order valence-electron chi connectivity index (χ2n) is 7.71. The van der Waals surface area contributed by atoms with Gasteiger partial charge in [-0.05, 0) is 49.7 Å². The molecule has 0 bridgehead atoms. The summed E-state index contributed by atoms with van der Waals surface area (Å²) in [6.45, 7) is 5.46. The molecule has 3 N–H and O–H groups in total. The van der Waals surface area contributed by atoms with Crippen LogP contribution in [-0.2, 0) is 5.54 Å². The van der Waals surface area contributed by atoms with Crippen molar-refractivity contribution in [2.75, 3.05) is 13.1 Å². The third-order valence-corrected chi connectivity index (χ3v) is 5.35. The highest BCUT2D eigenvalue weighted by Gasteiger charge is 2.55. The van der Waals surface area contributed by atoms with E-state index >= 15 is 0 Å². The van der Waals surface area contributed by atoms with Gasteiger partial charge in [-0.1, -0.05) is 0 Å². The quantitative estimate of drug-likeness (QED) is 0.753. The van der Waals surface area contributed by atoms with Crippen LogP contribution in [0.1, 0.15) is 19.4 Å². The largest absolute Gasteiger partial charge is 0.474 e. The Morgan fingerprint density at radius 3 is 2.56 bits per heavy atom. The van der Waals surface area contributed by atoms with Crippen LogP contribution in [-0.4, -0.2) is 35.4 Å². The Balaban J connectivity index is 1.69. The van der Waals surface area contributed by atoms with Crippen LogP contribution < -0.4 is 15.4 Å². The van der Waals surface area contributed by atoms with Crippen LogP contribution in [0.2, 0.25) is 0 Å². The second kappa shape index (κ2) is 6.49. The maximum atomic E-state index is 13.3. The van der Waals surface area contributed by atoms with E-state index in [1.54, 1.807) is 32.0 Å². The number of nitrogens with zero attached hydrogens (tertiary/aromatic N) is 1. The van der Waals surface area contributed by atoms with Crippen LogP contribution in [0.15, 0.2) is 36.4 Å². The van der Waals surface area contributed by atoms with Gasteiger partial charge in [-0.3, -0.25) is 0 Å². The monoisotopic (exact) mass is 371 g/mol. The van der Waals surface area contributed by atoms with E-state index in [-0.39, 0.29) is 11.9 Å². The van der Waals surface area contributed by atoms with E-state index in [0.717, 1.165) is 24.2 Å². The molecule has 3 atom stereocenters. The fourth-order valence-electron chi connectivity index (χ4n) is 3.71. The SMILES string of the molecule is CC(C)(NC(=O)O)c1cc(OC2[C@H]3CNC[C@@H]23)nc(-c2ccc(F)cc2)c1. The van der Waals surface area contributed by atoms with Crippen molar-refractivity contribution in [3.8, 4) is 17.1 Å². The van der Waals surface area contributed by atoms with Gasteiger partial charge in [0.25, 0.3) is 0 Å². The van der Waals surface area contributed by atoms with Gasteiger partial charge < -0.3 is 20.5 Å². The number of halogens is 1. The van der Waals surface area contributed by atoms with Crippen molar-refractivity contribution in [1.82, 2.24) is 15.6 Å². The van der Waals surface area contributed by atoms with Crippen molar-refractivity contribution in [3.05, 3.63) is 47.8 Å². The molecule has 27 heavy (non-hydrogen) atoms. The van der Waals surface area contributed by atoms with E-state index in [4.69, 9.17) is 9.84 Å². The molecule has 1 saturated heterocycles. The second-order valence-corrected chi connectivity index (χ2v) is 7.71. The van der Waals surface area contributed by atoms with E-state index in [2.05, 4.69) is 15.6 Å². The number of hydrogen-bond acceptors (Lipinski definition) is 4. The van der Waals surface area contributed by atoms with Gasteiger partial charge >= 0.3 is 6.09 Å². The van der Waals surface area contributed by atoms with Gasteiger partial charge in [0.15, 0.2) is 0 Å². The number of rotatable bonds is 5. The summed E-state index contributed by atoms with van der Waals surface area (Å²) in [6.07, 6.45) is -0.962. The number of piperidine rings is 1. The smallest absolute Gasteiger partial charge is 0.405 e. The number of carboxylic acid groups (broad SMARTS) is 1. The molecule has 6 nitrogen and oxygen atoms in total. The molecule has 1 aliphatic carbocycles. The lowest BCUT2D eigenvalue weighted by atomic mass is 9.93. The van der Waals surface area contributed by atoms with Crippen LogP contribution in [0.25, 0.3) is 11.3 Å². The predicted molar refractivity (Wildman–Crippen MR) is 98.1 cm³/mol. The summed E-state index contributed by atoms with van der Waals surface area (Å²) >= 11 is 0. The van der Waals surface area contributed by atoms with Gasteiger partial charge in [0, 0.05) is 36.6 Å². The highest BCUT2D eigenvalue weighted by atomic mass is 19.1. The van der Waals surface area contributed by atoms with Crippen LogP contribution >= 0.6 is 0 Å². The number of fused-ring (bicyclic) bond motifs is 1. The zero-order chi connectivity index (χ0) is 19.2. The standard InChI is InChI=1S/C20H22FN3O3/c1-20(2,24-19(25)26)12-7-16(11-3-5-13(21)6-4-11)23-17(8-12)27-18-14-9-22-10-15(14)18/h3-8,14-15,18,22,24H,9-10H2,1-2H3,(H,25,26)/t14-,15+,18?. The minimum absolute atomic E-state index is 0.144. The molecule has 1 unspecified atom stereocenters. The Labute approximate surface area is 156 Å². The van der Waals surface area contributed by atoms with Crippen molar-refractivity contribution in [1.29, 1.82) is 0 Å². The average Bonchev–Trinajstić information content (AvgIpc) is 3.02. The van der Waals surface area contributed by atoms with Gasteiger partial charge in [-0.2, -0.15) is 0 Å². The number of carbonyl (C=O) groups is 1. The van der Waals surface area contributed by atoms with Crippen molar-refractivity contribution >= 4 is 6.09 Å². The molecular weight excluding hydrogens is 349 g/mol. The summed E-state index contributed by atoms with van der Waals surface area (Å²) in [5, 5.41) is 15.0. The van der Waals surface area contributed by atoms with Crippen molar-refractivity contribution in [2.24, 2.45) is 11.8 Å². The fraction of sp³-hybridized carbons (Fsp3) is 0.400. The molecule has 2 aliphatic rings. The lowest BCUT2D eigenvalue weighted by Crippen LogP contribution is -2.40. The summed E-state index contributed by atoms with van der Waals surface area (Å²) in [5.41, 5.74) is 1.26. The predicted octanol–water partition coefficient (Wildman–Crippen LogP) is 2.99. The molecule has 2 aromatic rings. The van der Waals surface area contributed by atoms with Crippen molar-refractivity contribution < 1.29 is 19.0 Å². The van der Waals surface area contributed by atoms with Crippen molar-refractivity contribution in [2.45, 2.75) is 25.5 Å².